The van der Waals surface area contributed by atoms with Crippen LogP contribution in [0.25, 0.3) is 0 Å². The first-order valence-corrected chi connectivity index (χ1v) is 11.8. The molecule has 2 heterocycles. The molecule has 4 rings (SSSR count). The van der Waals surface area contributed by atoms with Crippen LogP contribution in [0.2, 0.25) is 5.02 Å². The van der Waals surface area contributed by atoms with Gasteiger partial charge in [-0.1, -0.05) is 17.7 Å². The van der Waals surface area contributed by atoms with Crippen LogP contribution in [0.4, 0.5) is 18.0 Å². The van der Waals surface area contributed by atoms with Gasteiger partial charge in [0.1, 0.15) is 11.7 Å². The van der Waals surface area contributed by atoms with Crippen molar-refractivity contribution >= 4 is 29.5 Å². The van der Waals surface area contributed by atoms with Crippen LogP contribution in [0.15, 0.2) is 18.2 Å². The van der Waals surface area contributed by atoms with Crippen LogP contribution >= 0.6 is 11.6 Å². The number of halogens is 4. The van der Waals surface area contributed by atoms with Gasteiger partial charge in [0.2, 0.25) is 11.8 Å². The Morgan fingerprint density at radius 2 is 1.79 bits per heavy atom. The number of carboxylic acid groups (broad SMARTS) is 1. The summed E-state index contributed by atoms with van der Waals surface area (Å²) >= 11 is 5.80. The first kappa shape index (κ1) is 24.6. The number of nitrogens with zero attached hydrogens (tertiary/aromatic N) is 3. The third kappa shape index (κ3) is 4.69. The fraction of sp³-hybridized carbons (Fsp3) is 0.609. The highest BCUT2D eigenvalue weighted by Crippen LogP contribution is 2.49. The number of rotatable bonds is 5. The standard InChI is InChI=1S/C23H27ClF3N3O4/c1-2-30(22(33)34)19-12-29(11-15(19)14-3-4-17(24)18(25)9-14)20(31)13-5-7-28(8-6-13)21(32)16-10-23(16,26)27/h3-4,9,13,15-16,19H,2,5-8,10-12H2,1H3,(H,33,34)/t15-,16?,19+/m0/s1. The van der Waals surface area contributed by atoms with Crippen molar-refractivity contribution in [2.45, 2.75) is 44.1 Å². The van der Waals surface area contributed by atoms with Gasteiger partial charge in [0.05, 0.1) is 11.1 Å². The number of alkyl halides is 2. The lowest BCUT2D eigenvalue weighted by Crippen LogP contribution is -2.46. The second-order valence-electron chi connectivity index (χ2n) is 9.28. The maximum absolute atomic E-state index is 14.1. The van der Waals surface area contributed by atoms with E-state index in [0.717, 1.165) is 0 Å². The summed E-state index contributed by atoms with van der Waals surface area (Å²) in [5.74, 6) is -6.29. The molecule has 3 fully saturated rings. The van der Waals surface area contributed by atoms with E-state index in [1.807, 2.05) is 0 Å². The quantitative estimate of drug-likeness (QED) is 0.667. The highest BCUT2D eigenvalue weighted by atomic mass is 35.5. The van der Waals surface area contributed by atoms with Crippen molar-refractivity contribution in [2.75, 3.05) is 32.7 Å². The lowest BCUT2D eigenvalue weighted by molar-refractivity contribution is -0.141. The molecule has 1 unspecified atom stereocenters. The zero-order valence-electron chi connectivity index (χ0n) is 18.7. The summed E-state index contributed by atoms with van der Waals surface area (Å²) in [4.78, 5) is 41.6. The lowest BCUT2D eigenvalue weighted by atomic mass is 9.93. The molecular weight excluding hydrogens is 475 g/mol. The van der Waals surface area contributed by atoms with E-state index in [1.165, 1.54) is 21.9 Å². The van der Waals surface area contributed by atoms with E-state index in [4.69, 9.17) is 11.6 Å². The molecule has 2 aliphatic heterocycles. The molecule has 0 bridgehead atoms. The minimum absolute atomic E-state index is 0.0397. The predicted molar refractivity (Wildman–Crippen MR) is 117 cm³/mol. The second kappa shape index (κ2) is 9.28. The number of benzene rings is 1. The Hall–Kier alpha value is -2.49. The molecular formula is C23H27ClF3N3O4. The van der Waals surface area contributed by atoms with Crippen molar-refractivity contribution in [3.63, 3.8) is 0 Å². The maximum Gasteiger partial charge on any atom is 0.407 e. The highest BCUT2D eigenvalue weighted by molar-refractivity contribution is 6.30. The Labute approximate surface area is 200 Å². The Morgan fingerprint density at radius 3 is 2.32 bits per heavy atom. The van der Waals surface area contributed by atoms with Crippen molar-refractivity contribution in [1.29, 1.82) is 0 Å². The number of likely N-dealkylation sites (N-methyl/N-ethyl adjacent to an activating group) is 1. The SMILES string of the molecule is CCN(C(=O)O)[C@@H]1CN(C(=O)C2CCN(C(=O)C3CC3(F)F)CC2)C[C@H]1c1ccc(Cl)c(F)c1. The van der Waals surface area contributed by atoms with Gasteiger partial charge in [-0.3, -0.25) is 9.59 Å². The van der Waals surface area contributed by atoms with Gasteiger partial charge in [-0.05, 0) is 37.5 Å². The first-order chi connectivity index (χ1) is 16.0. The molecule has 1 aliphatic carbocycles. The molecule has 3 amide bonds. The summed E-state index contributed by atoms with van der Waals surface area (Å²) in [6, 6.07) is 3.79. The van der Waals surface area contributed by atoms with Gasteiger partial charge in [-0.25, -0.2) is 18.0 Å². The van der Waals surface area contributed by atoms with Gasteiger partial charge in [0, 0.05) is 51.0 Å². The molecule has 3 atom stereocenters. The van der Waals surface area contributed by atoms with Crippen LogP contribution in [0.3, 0.4) is 0 Å². The van der Waals surface area contributed by atoms with Crippen LogP contribution in [-0.2, 0) is 9.59 Å². The summed E-state index contributed by atoms with van der Waals surface area (Å²) in [5.41, 5.74) is 0.563. The van der Waals surface area contributed by atoms with E-state index in [2.05, 4.69) is 0 Å². The third-order valence-electron chi connectivity index (χ3n) is 7.24. The molecule has 0 aromatic heterocycles. The number of carbonyl (C=O) groups excluding carboxylic acids is 2. The van der Waals surface area contributed by atoms with E-state index in [-0.39, 0.29) is 49.6 Å². The molecule has 3 aliphatic rings. The first-order valence-electron chi connectivity index (χ1n) is 11.4. The number of hydrogen-bond donors (Lipinski definition) is 1. The number of piperidine rings is 1. The van der Waals surface area contributed by atoms with Gasteiger partial charge in [0.25, 0.3) is 5.92 Å². The van der Waals surface area contributed by atoms with Crippen LogP contribution < -0.4 is 0 Å². The van der Waals surface area contributed by atoms with Gasteiger partial charge >= 0.3 is 6.09 Å². The van der Waals surface area contributed by atoms with E-state index in [1.54, 1.807) is 17.9 Å². The summed E-state index contributed by atoms with van der Waals surface area (Å²) in [7, 11) is 0. The summed E-state index contributed by atoms with van der Waals surface area (Å²) in [6.07, 6.45) is -0.809. The monoisotopic (exact) mass is 501 g/mol. The molecule has 186 valence electrons. The normalized spacial score (nSPS) is 26.4. The third-order valence-corrected chi connectivity index (χ3v) is 7.55. The molecule has 1 N–H and O–H groups in total. The van der Waals surface area contributed by atoms with E-state index < -0.39 is 48.0 Å². The number of carbonyl (C=O) groups is 3. The van der Waals surface area contributed by atoms with Crippen LogP contribution in [0.1, 0.15) is 37.7 Å². The number of amides is 3. The average molecular weight is 502 g/mol. The van der Waals surface area contributed by atoms with E-state index in [9.17, 15) is 32.7 Å². The van der Waals surface area contributed by atoms with Gasteiger partial charge in [-0.15, -0.1) is 0 Å². The van der Waals surface area contributed by atoms with Crippen molar-refractivity contribution in [2.24, 2.45) is 11.8 Å². The van der Waals surface area contributed by atoms with Crippen LogP contribution in [0, 0.1) is 17.7 Å². The largest absolute Gasteiger partial charge is 0.465 e. The fourth-order valence-electron chi connectivity index (χ4n) is 5.17. The molecule has 1 aromatic carbocycles. The highest BCUT2D eigenvalue weighted by Gasteiger charge is 2.62. The molecule has 1 aromatic rings. The van der Waals surface area contributed by atoms with Crippen molar-refractivity contribution in [3.8, 4) is 0 Å². The molecule has 7 nitrogen and oxygen atoms in total. The summed E-state index contributed by atoms with van der Waals surface area (Å²) < 4.78 is 40.6. The zero-order chi connectivity index (χ0) is 24.8. The maximum atomic E-state index is 14.1. The van der Waals surface area contributed by atoms with E-state index >= 15 is 0 Å². The Balaban J connectivity index is 1.45. The molecule has 1 saturated carbocycles. The van der Waals surface area contributed by atoms with Crippen molar-refractivity contribution in [1.82, 2.24) is 14.7 Å². The lowest BCUT2D eigenvalue weighted by Gasteiger charge is -2.33. The molecule has 0 spiro atoms. The van der Waals surface area contributed by atoms with Gasteiger partial charge in [0.15, 0.2) is 0 Å². The fourth-order valence-corrected chi connectivity index (χ4v) is 5.29. The minimum atomic E-state index is -2.92. The Bertz CT molecular complexity index is 986. The summed E-state index contributed by atoms with van der Waals surface area (Å²) in [5, 5.41) is 9.64. The van der Waals surface area contributed by atoms with Crippen molar-refractivity contribution in [3.05, 3.63) is 34.6 Å². The number of likely N-dealkylation sites (tertiary alicyclic amines) is 2. The molecule has 34 heavy (non-hydrogen) atoms. The molecule has 2 saturated heterocycles. The van der Waals surface area contributed by atoms with E-state index in [0.29, 0.717) is 18.4 Å². The van der Waals surface area contributed by atoms with Crippen LogP contribution in [0.5, 0.6) is 0 Å². The Morgan fingerprint density at radius 1 is 1.15 bits per heavy atom. The average Bonchev–Trinajstić information content (AvgIpc) is 3.23. The molecule has 11 heteroatoms. The second-order valence-corrected chi connectivity index (χ2v) is 9.68. The predicted octanol–water partition coefficient (Wildman–Crippen LogP) is 3.67. The molecule has 0 radical (unpaired) electrons. The summed E-state index contributed by atoms with van der Waals surface area (Å²) in [6.45, 7) is 2.78. The van der Waals surface area contributed by atoms with Crippen LogP contribution in [-0.4, -0.2) is 82.4 Å². The topological polar surface area (TPSA) is 81.2 Å². The zero-order valence-corrected chi connectivity index (χ0v) is 19.5. The van der Waals surface area contributed by atoms with Gasteiger partial charge in [-0.2, -0.15) is 0 Å². The Kier molecular flexibility index (Phi) is 6.72. The smallest absolute Gasteiger partial charge is 0.407 e. The van der Waals surface area contributed by atoms with Gasteiger partial charge < -0.3 is 19.8 Å². The minimum Gasteiger partial charge on any atom is -0.465 e. The van der Waals surface area contributed by atoms with Crippen molar-refractivity contribution < 1.29 is 32.7 Å². The number of hydrogen-bond acceptors (Lipinski definition) is 3.